The van der Waals surface area contributed by atoms with Crippen molar-refractivity contribution in [2.24, 2.45) is 5.73 Å². The van der Waals surface area contributed by atoms with Gasteiger partial charge in [-0.3, -0.25) is 0 Å². The molecule has 80 valence electrons. The Labute approximate surface area is 96.7 Å². The second-order valence-electron chi connectivity index (χ2n) is 3.21. The van der Waals surface area contributed by atoms with Crippen LogP contribution in [0, 0.1) is 0 Å². The minimum atomic E-state index is -0.342. The molecule has 1 aromatic heterocycles. The number of likely N-dealkylation sites (N-methyl/N-ethyl adjacent to an activating group) is 1. The lowest BCUT2D eigenvalue weighted by atomic mass is 10.2. The summed E-state index contributed by atoms with van der Waals surface area (Å²) in [7, 11) is 1.97. The molecule has 0 saturated heterocycles. The van der Waals surface area contributed by atoms with E-state index in [1.165, 1.54) is 0 Å². The monoisotopic (exact) mass is 278 g/mol. The zero-order valence-corrected chi connectivity index (χ0v) is 10.5. The first-order chi connectivity index (χ1) is 6.63. The van der Waals surface area contributed by atoms with Crippen molar-refractivity contribution in [2.75, 3.05) is 25.0 Å². The number of rotatable bonds is 5. The van der Waals surface area contributed by atoms with E-state index in [1.54, 1.807) is 11.3 Å². The molecule has 0 aromatic carbocycles. The summed E-state index contributed by atoms with van der Waals surface area (Å²) in [5.74, 6) is 0. The molecule has 0 saturated carbocycles. The van der Waals surface area contributed by atoms with E-state index >= 15 is 0 Å². The Hall–Kier alpha value is -0.100. The molecule has 3 nitrogen and oxygen atoms in total. The molecule has 5 heteroatoms. The van der Waals surface area contributed by atoms with Gasteiger partial charge in [0.05, 0.1) is 11.1 Å². The number of hydrogen-bond donors (Lipinski definition) is 2. The summed E-state index contributed by atoms with van der Waals surface area (Å²) >= 11 is 5.05. The van der Waals surface area contributed by atoms with E-state index in [4.69, 9.17) is 5.73 Å². The van der Waals surface area contributed by atoms with Crippen molar-refractivity contribution in [1.29, 1.82) is 0 Å². The maximum absolute atomic E-state index is 9.56. The molecule has 14 heavy (non-hydrogen) atoms. The zero-order valence-electron chi connectivity index (χ0n) is 8.11. The van der Waals surface area contributed by atoms with Gasteiger partial charge in [0, 0.05) is 23.4 Å². The minimum Gasteiger partial charge on any atom is -0.391 e. The highest BCUT2D eigenvalue weighted by Gasteiger charge is 2.09. The van der Waals surface area contributed by atoms with E-state index in [9.17, 15) is 5.11 Å². The molecule has 1 aromatic rings. The molecule has 1 atom stereocenters. The third-order valence-corrected chi connectivity index (χ3v) is 3.72. The first-order valence-electron chi connectivity index (χ1n) is 4.46. The fourth-order valence-electron chi connectivity index (χ4n) is 1.19. The molecule has 0 amide bonds. The molecular weight excluding hydrogens is 264 g/mol. The van der Waals surface area contributed by atoms with Crippen molar-refractivity contribution >= 4 is 32.3 Å². The molecule has 1 rings (SSSR count). The molecule has 0 aliphatic heterocycles. The van der Waals surface area contributed by atoms with Crippen LogP contribution in [0.3, 0.4) is 0 Å². The van der Waals surface area contributed by atoms with Crippen LogP contribution in [-0.4, -0.2) is 31.3 Å². The Morgan fingerprint density at radius 2 is 2.43 bits per heavy atom. The Morgan fingerprint density at radius 1 is 1.71 bits per heavy atom. The summed E-state index contributed by atoms with van der Waals surface area (Å²) in [4.78, 5) is 2.04. The molecule has 0 radical (unpaired) electrons. The van der Waals surface area contributed by atoms with Gasteiger partial charge in [0.15, 0.2) is 0 Å². The molecule has 3 N–H and O–H groups in total. The van der Waals surface area contributed by atoms with Crippen molar-refractivity contribution in [3.63, 3.8) is 0 Å². The number of nitrogens with two attached hydrogens (primary N) is 1. The van der Waals surface area contributed by atoms with Crippen LogP contribution in [0.15, 0.2) is 15.9 Å². The largest absolute Gasteiger partial charge is 0.391 e. The first kappa shape index (κ1) is 12.0. The van der Waals surface area contributed by atoms with Crippen LogP contribution in [0.5, 0.6) is 0 Å². The molecule has 1 unspecified atom stereocenters. The van der Waals surface area contributed by atoms with Gasteiger partial charge in [-0.05, 0) is 35.0 Å². The van der Waals surface area contributed by atoms with Crippen molar-refractivity contribution in [2.45, 2.75) is 12.5 Å². The molecule has 0 fully saturated rings. The number of aliphatic hydroxyl groups excluding tert-OH is 1. The van der Waals surface area contributed by atoms with Gasteiger partial charge in [-0.15, -0.1) is 11.3 Å². The van der Waals surface area contributed by atoms with Crippen LogP contribution in [0.4, 0.5) is 5.00 Å². The van der Waals surface area contributed by atoms with E-state index < -0.39 is 0 Å². The number of nitrogens with zero attached hydrogens (tertiary/aromatic N) is 1. The quantitative estimate of drug-likeness (QED) is 0.861. The van der Waals surface area contributed by atoms with Crippen molar-refractivity contribution < 1.29 is 5.11 Å². The highest BCUT2D eigenvalue weighted by molar-refractivity contribution is 9.10. The Balaban J connectivity index is 2.45. The molecule has 0 spiro atoms. The summed E-state index contributed by atoms with van der Waals surface area (Å²) in [6, 6.07) is 2.04. The second-order valence-corrected chi connectivity index (χ2v) is 5.02. The van der Waals surface area contributed by atoms with E-state index in [2.05, 4.69) is 15.9 Å². The lowest BCUT2D eigenvalue weighted by Crippen LogP contribution is -2.29. The number of halogens is 1. The van der Waals surface area contributed by atoms with Gasteiger partial charge >= 0.3 is 0 Å². The third-order valence-electron chi connectivity index (χ3n) is 1.91. The normalized spacial score (nSPS) is 12.9. The SMILES string of the molecule is CN(CC(O)CCN)c1cc(Br)cs1. The second kappa shape index (κ2) is 5.70. The van der Waals surface area contributed by atoms with Crippen LogP contribution in [0.25, 0.3) is 0 Å². The summed E-state index contributed by atoms with van der Waals surface area (Å²) in [6.07, 6.45) is 0.308. The molecule has 0 bridgehead atoms. The maximum atomic E-state index is 9.56. The van der Waals surface area contributed by atoms with Gasteiger partial charge in [0.25, 0.3) is 0 Å². The Bertz CT molecular complexity index is 280. The fourth-order valence-corrected chi connectivity index (χ4v) is 2.59. The smallest absolute Gasteiger partial charge is 0.0918 e. The van der Waals surface area contributed by atoms with Crippen LogP contribution < -0.4 is 10.6 Å². The van der Waals surface area contributed by atoms with Crippen LogP contribution in [0.1, 0.15) is 6.42 Å². The highest BCUT2D eigenvalue weighted by Crippen LogP contribution is 2.27. The minimum absolute atomic E-state index is 0.342. The fraction of sp³-hybridized carbons (Fsp3) is 0.556. The average Bonchev–Trinajstić information content (AvgIpc) is 2.52. The predicted octanol–water partition coefficient (Wildman–Crippen LogP) is 1.66. The molecule has 1 heterocycles. The van der Waals surface area contributed by atoms with Crippen LogP contribution >= 0.6 is 27.3 Å². The van der Waals surface area contributed by atoms with Gasteiger partial charge in [-0.2, -0.15) is 0 Å². The van der Waals surface area contributed by atoms with Gasteiger partial charge < -0.3 is 15.7 Å². The average molecular weight is 279 g/mol. The number of aliphatic hydroxyl groups is 1. The summed E-state index contributed by atoms with van der Waals surface area (Å²) in [5, 5.41) is 12.7. The van der Waals surface area contributed by atoms with Crippen molar-refractivity contribution in [3.05, 3.63) is 15.9 Å². The lowest BCUT2D eigenvalue weighted by molar-refractivity contribution is 0.174. The lowest BCUT2D eigenvalue weighted by Gasteiger charge is -2.20. The summed E-state index contributed by atoms with van der Waals surface area (Å²) in [5.41, 5.74) is 5.36. The highest BCUT2D eigenvalue weighted by atomic mass is 79.9. The molecule has 0 aliphatic carbocycles. The zero-order chi connectivity index (χ0) is 10.6. The van der Waals surface area contributed by atoms with E-state index in [-0.39, 0.29) is 6.10 Å². The first-order valence-corrected chi connectivity index (χ1v) is 6.14. The number of thiophene rings is 1. The topological polar surface area (TPSA) is 49.5 Å². The van der Waals surface area contributed by atoms with Gasteiger partial charge in [-0.25, -0.2) is 0 Å². The predicted molar refractivity (Wildman–Crippen MR) is 65.0 cm³/mol. The number of anilines is 1. The Morgan fingerprint density at radius 3 is 2.93 bits per heavy atom. The molecule has 0 aliphatic rings. The summed E-state index contributed by atoms with van der Waals surface area (Å²) < 4.78 is 1.08. The van der Waals surface area contributed by atoms with Crippen molar-refractivity contribution in [3.8, 4) is 0 Å². The van der Waals surface area contributed by atoms with Gasteiger partial charge in [0.2, 0.25) is 0 Å². The van der Waals surface area contributed by atoms with Crippen LogP contribution in [0.2, 0.25) is 0 Å². The summed E-state index contributed by atoms with van der Waals surface area (Å²) in [6.45, 7) is 1.16. The number of hydrogen-bond acceptors (Lipinski definition) is 4. The molecular formula is C9H15BrN2OS. The van der Waals surface area contributed by atoms with E-state index in [1.807, 2.05) is 23.4 Å². The van der Waals surface area contributed by atoms with Crippen LogP contribution in [-0.2, 0) is 0 Å². The Kier molecular flexibility index (Phi) is 4.88. The van der Waals surface area contributed by atoms with E-state index in [0.717, 1.165) is 9.47 Å². The maximum Gasteiger partial charge on any atom is 0.0918 e. The van der Waals surface area contributed by atoms with E-state index in [0.29, 0.717) is 19.5 Å². The van der Waals surface area contributed by atoms with Gasteiger partial charge in [0.1, 0.15) is 0 Å². The third kappa shape index (κ3) is 3.57. The van der Waals surface area contributed by atoms with Crippen molar-refractivity contribution in [1.82, 2.24) is 0 Å². The van der Waals surface area contributed by atoms with Gasteiger partial charge in [-0.1, -0.05) is 0 Å². The standard InChI is InChI=1S/C9H15BrN2OS/c1-12(5-8(13)2-3-11)9-4-7(10)6-14-9/h4,6,8,13H,2-3,5,11H2,1H3.